The van der Waals surface area contributed by atoms with E-state index in [2.05, 4.69) is 20.1 Å². The van der Waals surface area contributed by atoms with E-state index in [1.807, 2.05) is 79.7 Å². The van der Waals surface area contributed by atoms with Gasteiger partial charge in [-0.3, -0.25) is 9.59 Å². The average Bonchev–Trinajstić information content (AvgIpc) is 3.25. The molecule has 8 nitrogen and oxygen atoms in total. The van der Waals surface area contributed by atoms with E-state index in [0.717, 1.165) is 59.8 Å². The molecule has 1 N–H and O–H groups in total. The highest BCUT2D eigenvalue weighted by Gasteiger charge is 2.42. The maximum atomic E-state index is 13.9. The number of benzene rings is 3. The van der Waals surface area contributed by atoms with Gasteiger partial charge in [0.05, 0.1) is 19.1 Å². The molecular weight excluding hydrogens is 514 g/mol. The molecule has 210 valence electrons. The molecule has 2 aliphatic heterocycles. The highest BCUT2D eigenvalue weighted by atomic mass is 16.5. The van der Waals surface area contributed by atoms with Gasteiger partial charge in [-0.2, -0.15) is 0 Å². The molecule has 1 fully saturated rings. The summed E-state index contributed by atoms with van der Waals surface area (Å²) in [4.78, 5) is 29.1. The van der Waals surface area contributed by atoms with E-state index < -0.39 is 12.0 Å². The van der Waals surface area contributed by atoms with Crippen molar-refractivity contribution in [1.29, 1.82) is 0 Å². The van der Waals surface area contributed by atoms with Gasteiger partial charge in [0, 0.05) is 41.9 Å². The van der Waals surface area contributed by atoms with Gasteiger partial charge in [-0.15, -0.1) is 10.2 Å². The third-order valence-electron chi connectivity index (χ3n) is 8.22. The molecule has 3 aromatic carbocycles. The van der Waals surface area contributed by atoms with Crippen molar-refractivity contribution < 1.29 is 14.3 Å². The highest BCUT2D eigenvalue weighted by Crippen LogP contribution is 2.43. The maximum absolute atomic E-state index is 13.9. The minimum Gasteiger partial charge on any atom is -0.496 e. The summed E-state index contributed by atoms with van der Waals surface area (Å²) in [7, 11) is 1.62. The van der Waals surface area contributed by atoms with Crippen LogP contribution in [0.1, 0.15) is 55.1 Å². The third-order valence-corrected chi connectivity index (χ3v) is 8.22. The molecule has 1 aromatic heterocycles. The van der Waals surface area contributed by atoms with Crippen molar-refractivity contribution in [3.05, 3.63) is 89.7 Å². The fourth-order valence-corrected chi connectivity index (χ4v) is 6.08. The van der Waals surface area contributed by atoms with Crippen LogP contribution in [-0.4, -0.2) is 33.7 Å². The van der Waals surface area contributed by atoms with Gasteiger partial charge >= 0.3 is 0 Å². The second kappa shape index (κ2) is 11.6. The summed E-state index contributed by atoms with van der Waals surface area (Å²) in [6, 6.07) is 22.8. The largest absolute Gasteiger partial charge is 0.496 e. The first kappa shape index (κ1) is 26.7. The predicted octanol–water partition coefficient (Wildman–Crippen LogP) is 6.11. The molecule has 0 unspecified atom stereocenters. The van der Waals surface area contributed by atoms with Crippen molar-refractivity contribution in [2.45, 2.75) is 58.0 Å². The Morgan fingerprint density at radius 3 is 2.49 bits per heavy atom. The van der Waals surface area contributed by atoms with Crippen LogP contribution in [0.2, 0.25) is 0 Å². The van der Waals surface area contributed by atoms with Crippen LogP contribution in [0.15, 0.2) is 72.8 Å². The normalized spacial score (nSPS) is 18.9. The van der Waals surface area contributed by atoms with Gasteiger partial charge in [-0.1, -0.05) is 42.3 Å². The standard InChI is InChI=1S/C33H35N5O3/c1-22-11-17-25(18-12-22)38-30(39)20-19-27(31(38)26-8-5-6-9-28(26)41-2)33(40)34-24-15-13-23(14-16-24)32-36-35-29-10-4-3-7-21-37(29)32/h5-6,8-9,11-18,27,31H,3-4,7,10,19-21H2,1-2H3,(H,34,40)/t27-,31+/m1/s1. The van der Waals surface area contributed by atoms with Crippen molar-refractivity contribution >= 4 is 23.2 Å². The van der Waals surface area contributed by atoms with E-state index in [1.54, 1.807) is 12.0 Å². The first-order valence-corrected chi connectivity index (χ1v) is 14.4. The first-order valence-electron chi connectivity index (χ1n) is 14.4. The second-order valence-electron chi connectivity index (χ2n) is 10.9. The molecule has 1 saturated heterocycles. The van der Waals surface area contributed by atoms with Gasteiger partial charge in [0.15, 0.2) is 5.82 Å². The molecule has 0 radical (unpaired) electrons. The van der Waals surface area contributed by atoms with Crippen molar-refractivity contribution in [3.63, 3.8) is 0 Å². The Balaban J connectivity index is 1.29. The molecule has 8 heteroatoms. The Hall–Kier alpha value is -4.46. The Kier molecular flexibility index (Phi) is 7.55. The lowest BCUT2D eigenvalue weighted by Crippen LogP contribution is -2.47. The number of hydrogen-bond acceptors (Lipinski definition) is 5. The number of hydrogen-bond donors (Lipinski definition) is 1. The molecule has 0 spiro atoms. The number of aromatic nitrogens is 3. The summed E-state index contributed by atoms with van der Waals surface area (Å²) in [5.41, 5.74) is 4.36. The van der Waals surface area contributed by atoms with Crippen LogP contribution in [-0.2, 0) is 22.6 Å². The lowest BCUT2D eigenvalue weighted by Gasteiger charge is -2.41. The highest BCUT2D eigenvalue weighted by molar-refractivity contribution is 6.00. The number of para-hydroxylation sites is 1. The van der Waals surface area contributed by atoms with E-state index in [0.29, 0.717) is 17.9 Å². The first-order chi connectivity index (χ1) is 20.0. The molecule has 0 bridgehead atoms. The van der Waals surface area contributed by atoms with Crippen LogP contribution >= 0.6 is 0 Å². The quantitative estimate of drug-likeness (QED) is 0.313. The Morgan fingerprint density at radius 2 is 1.71 bits per heavy atom. The fraction of sp³-hybridized carbons (Fsp3) is 0.333. The number of rotatable bonds is 6. The number of ether oxygens (including phenoxy) is 1. The number of carbonyl (C=O) groups excluding carboxylic acids is 2. The van der Waals surface area contributed by atoms with Crippen LogP contribution in [0.25, 0.3) is 11.4 Å². The SMILES string of the molecule is COc1ccccc1[C@H]1[C@H](C(=O)Nc2ccc(-c3nnc4n3CCCCC4)cc2)CCC(=O)N1c1ccc(C)cc1. The minimum absolute atomic E-state index is 0.00870. The molecule has 2 atom stereocenters. The number of anilines is 2. The zero-order valence-corrected chi connectivity index (χ0v) is 23.5. The lowest BCUT2D eigenvalue weighted by atomic mass is 9.82. The molecule has 4 aromatic rings. The Labute approximate surface area is 240 Å². The van der Waals surface area contributed by atoms with E-state index in [4.69, 9.17) is 4.74 Å². The smallest absolute Gasteiger partial charge is 0.229 e. The summed E-state index contributed by atoms with van der Waals surface area (Å²) < 4.78 is 7.92. The van der Waals surface area contributed by atoms with E-state index in [-0.39, 0.29) is 18.2 Å². The molecule has 0 aliphatic carbocycles. The van der Waals surface area contributed by atoms with Crippen LogP contribution in [0.5, 0.6) is 5.75 Å². The minimum atomic E-state index is -0.513. The Bertz CT molecular complexity index is 1540. The summed E-state index contributed by atoms with van der Waals surface area (Å²) in [6.07, 6.45) is 5.17. The van der Waals surface area contributed by atoms with Gasteiger partial charge in [0.1, 0.15) is 11.6 Å². The lowest BCUT2D eigenvalue weighted by molar-refractivity contribution is -0.125. The van der Waals surface area contributed by atoms with Gasteiger partial charge in [-0.25, -0.2) is 0 Å². The number of nitrogens with zero attached hydrogens (tertiary/aromatic N) is 4. The Morgan fingerprint density at radius 1 is 0.927 bits per heavy atom. The summed E-state index contributed by atoms with van der Waals surface area (Å²) >= 11 is 0. The molecule has 2 aliphatic rings. The van der Waals surface area contributed by atoms with Crippen molar-refractivity contribution in [3.8, 4) is 17.1 Å². The molecule has 2 amide bonds. The number of amides is 2. The van der Waals surface area contributed by atoms with E-state index >= 15 is 0 Å². The zero-order chi connectivity index (χ0) is 28.3. The number of nitrogens with one attached hydrogen (secondary N) is 1. The predicted molar refractivity (Wildman–Crippen MR) is 159 cm³/mol. The van der Waals surface area contributed by atoms with Gasteiger partial charge in [0.25, 0.3) is 0 Å². The average molecular weight is 550 g/mol. The number of fused-ring (bicyclic) bond motifs is 1. The fourth-order valence-electron chi connectivity index (χ4n) is 6.08. The second-order valence-corrected chi connectivity index (χ2v) is 10.9. The monoisotopic (exact) mass is 549 g/mol. The van der Waals surface area contributed by atoms with E-state index in [1.165, 1.54) is 6.42 Å². The number of piperidine rings is 1. The zero-order valence-electron chi connectivity index (χ0n) is 23.5. The molecular formula is C33H35N5O3. The number of aryl methyl sites for hydroxylation is 2. The van der Waals surface area contributed by atoms with Crippen LogP contribution in [0, 0.1) is 12.8 Å². The molecule has 41 heavy (non-hydrogen) atoms. The topological polar surface area (TPSA) is 89.3 Å². The van der Waals surface area contributed by atoms with Crippen molar-refractivity contribution in [2.75, 3.05) is 17.3 Å². The summed E-state index contributed by atoms with van der Waals surface area (Å²) in [6.45, 7) is 2.94. The van der Waals surface area contributed by atoms with Gasteiger partial charge in [0.2, 0.25) is 11.8 Å². The maximum Gasteiger partial charge on any atom is 0.229 e. The van der Waals surface area contributed by atoms with Crippen molar-refractivity contribution in [2.24, 2.45) is 5.92 Å². The third kappa shape index (κ3) is 5.34. The molecule has 3 heterocycles. The number of carbonyl (C=O) groups is 2. The van der Waals surface area contributed by atoms with E-state index in [9.17, 15) is 9.59 Å². The number of methoxy groups -OCH3 is 1. The summed E-state index contributed by atoms with van der Waals surface area (Å²) in [5.74, 6) is 1.95. The van der Waals surface area contributed by atoms with Gasteiger partial charge < -0.3 is 19.5 Å². The van der Waals surface area contributed by atoms with Crippen LogP contribution < -0.4 is 15.0 Å². The van der Waals surface area contributed by atoms with Crippen molar-refractivity contribution in [1.82, 2.24) is 14.8 Å². The molecule has 0 saturated carbocycles. The van der Waals surface area contributed by atoms with Gasteiger partial charge in [-0.05, 0) is 68.7 Å². The van der Waals surface area contributed by atoms with Crippen LogP contribution in [0.3, 0.4) is 0 Å². The summed E-state index contributed by atoms with van der Waals surface area (Å²) in [5, 5.41) is 12.0. The molecule has 6 rings (SSSR count). The van der Waals surface area contributed by atoms with Crippen LogP contribution in [0.4, 0.5) is 11.4 Å².